The number of carbonyl (C=O) groups is 2. The fourth-order valence-corrected chi connectivity index (χ4v) is 3.59. The fourth-order valence-electron chi connectivity index (χ4n) is 3.59. The van der Waals surface area contributed by atoms with Crippen LogP contribution in [0.2, 0.25) is 0 Å². The molecule has 1 aromatic rings. The van der Waals surface area contributed by atoms with E-state index >= 15 is 0 Å². The molecule has 0 saturated carbocycles. The van der Waals surface area contributed by atoms with Gasteiger partial charge >= 0.3 is 6.18 Å². The van der Waals surface area contributed by atoms with Gasteiger partial charge in [0, 0.05) is 25.2 Å². The van der Waals surface area contributed by atoms with Gasteiger partial charge in [-0.25, -0.2) is 0 Å². The van der Waals surface area contributed by atoms with Crippen LogP contribution >= 0.6 is 0 Å². The van der Waals surface area contributed by atoms with Gasteiger partial charge in [-0.1, -0.05) is 18.2 Å². The van der Waals surface area contributed by atoms with Crippen LogP contribution in [0.1, 0.15) is 24.0 Å². The Kier molecular flexibility index (Phi) is 4.27. The minimum atomic E-state index is -4.44. The number of aryl methyl sites for hydroxylation is 2. The molecular formula is C17H19F3N2O2. The number of para-hydroxylation sites is 1. The Morgan fingerprint density at radius 2 is 2.08 bits per heavy atom. The monoisotopic (exact) mass is 340 g/mol. The third-order valence-electron chi connectivity index (χ3n) is 4.62. The Balaban J connectivity index is 1.78. The quantitative estimate of drug-likeness (QED) is 0.831. The SMILES string of the molecule is Cc1cccc2c1N(C(=O)[C@@H]1CC(=O)N(CC(F)(F)F)C1)CCC2. The number of alkyl halides is 3. The zero-order chi connectivity index (χ0) is 17.5. The number of carbonyl (C=O) groups excluding carboxylic acids is 2. The first-order chi connectivity index (χ1) is 11.3. The van der Waals surface area contributed by atoms with Crippen molar-refractivity contribution < 1.29 is 22.8 Å². The second kappa shape index (κ2) is 6.11. The topological polar surface area (TPSA) is 40.6 Å². The second-order valence-electron chi connectivity index (χ2n) is 6.47. The van der Waals surface area contributed by atoms with Crippen LogP contribution in [-0.2, 0) is 16.0 Å². The van der Waals surface area contributed by atoms with Gasteiger partial charge in [0.25, 0.3) is 0 Å². The summed E-state index contributed by atoms with van der Waals surface area (Å²) in [5.74, 6) is -1.55. The maximum absolute atomic E-state index is 12.8. The number of anilines is 1. The molecule has 1 aromatic carbocycles. The molecule has 0 spiro atoms. The molecule has 4 nitrogen and oxygen atoms in total. The van der Waals surface area contributed by atoms with Gasteiger partial charge in [-0.3, -0.25) is 9.59 Å². The molecule has 2 amide bonds. The van der Waals surface area contributed by atoms with E-state index in [4.69, 9.17) is 0 Å². The Hall–Kier alpha value is -2.05. The first-order valence-electron chi connectivity index (χ1n) is 8.00. The lowest BCUT2D eigenvalue weighted by Crippen LogP contribution is -2.41. The van der Waals surface area contributed by atoms with Crippen molar-refractivity contribution in [1.29, 1.82) is 0 Å². The van der Waals surface area contributed by atoms with Crippen LogP contribution < -0.4 is 4.90 Å². The zero-order valence-corrected chi connectivity index (χ0v) is 13.4. The summed E-state index contributed by atoms with van der Waals surface area (Å²) in [6.45, 7) is 1.01. The molecule has 0 bridgehead atoms. The summed E-state index contributed by atoms with van der Waals surface area (Å²) >= 11 is 0. The van der Waals surface area contributed by atoms with E-state index in [1.807, 2.05) is 25.1 Å². The van der Waals surface area contributed by atoms with Gasteiger partial charge in [0.15, 0.2) is 0 Å². The number of likely N-dealkylation sites (tertiary alicyclic amines) is 1. The maximum Gasteiger partial charge on any atom is 0.406 e. The first kappa shape index (κ1) is 16.8. The average Bonchev–Trinajstić information content (AvgIpc) is 2.85. The van der Waals surface area contributed by atoms with Crippen molar-refractivity contribution in [2.24, 2.45) is 5.92 Å². The van der Waals surface area contributed by atoms with Gasteiger partial charge in [0.05, 0.1) is 5.92 Å². The molecule has 1 saturated heterocycles. The minimum absolute atomic E-state index is 0.146. The van der Waals surface area contributed by atoms with E-state index in [0.29, 0.717) is 6.54 Å². The highest BCUT2D eigenvalue weighted by Gasteiger charge is 2.42. The number of fused-ring (bicyclic) bond motifs is 1. The Bertz CT molecular complexity index is 672. The number of halogens is 3. The molecule has 7 heteroatoms. The van der Waals surface area contributed by atoms with E-state index in [0.717, 1.165) is 34.6 Å². The third-order valence-corrected chi connectivity index (χ3v) is 4.62. The van der Waals surface area contributed by atoms with Crippen molar-refractivity contribution in [3.8, 4) is 0 Å². The van der Waals surface area contributed by atoms with E-state index < -0.39 is 24.5 Å². The summed E-state index contributed by atoms with van der Waals surface area (Å²) in [7, 11) is 0. The second-order valence-corrected chi connectivity index (χ2v) is 6.47. The predicted molar refractivity (Wildman–Crippen MR) is 82.6 cm³/mol. The van der Waals surface area contributed by atoms with Crippen LogP contribution in [0.25, 0.3) is 0 Å². The number of hydrogen-bond donors (Lipinski definition) is 0. The molecule has 0 radical (unpaired) electrons. The van der Waals surface area contributed by atoms with Crippen LogP contribution in [-0.4, -0.2) is 42.5 Å². The summed E-state index contributed by atoms with van der Waals surface area (Å²) in [4.78, 5) is 27.1. The predicted octanol–water partition coefficient (Wildman–Crippen LogP) is 2.69. The lowest BCUT2D eigenvalue weighted by molar-refractivity contribution is -0.157. The highest BCUT2D eigenvalue weighted by Crippen LogP contribution is 2.33. The molecule has 3 rings (SSSR count). The van der Waals surface area contributed by atoms with Gasteiger partial charge in [-0.2, -0.15) is 13.2 Å². The standard InChI is InChI=1S/C17H19F3N2O2/c1-11-4-2-5-12-6-3-7-22(15(11)12)16(24)13-8-14(23)21(9-13)10-17(18,19)20/h2,4-5,13H,3,6-10H2,1H3/t13-/m1/s1. The molecule has 0 aliphatic carbocycles. The number of nitrogens with zero attached hydrogens (tertiary/aromatic N) is 2. The lowest BCUT2D eigenvalue weighted by atomic mass is 9.96. The van der Waals surface area contributed by atoms with E-state index in [9.17, 15) is 22.8 Å². The van der Waals surface area contributed by atoms with Crippen LogP contribution in [0, 0.1) is 12.8 Å². The summed E-state index contributed by atoms with van der Waals surface area (Å²) in [6, 6.07) is 5.82. The number of amides is 2. The van der Waals surface area contributed by atoms with Gasteiger partial charge in [-0.05, 0) is 30.9 Å². The molecule has 24 heavy (non-hydrogen) atoms. The number of hydrogen-bond acceptors (Lipinski definition) is 2. The van der Waals surface area contributed by atoms with Gasteiger partial charge < -0.3 is 9.80 Å². The van der Waals surface area contributed by atoms with Crippen molar-refractivity contribution in [2.45, 2.75) is 32.4 Å². The summed E-state index contributed by atoms with van der Waals surface area (Å²) in [5, 5.41) is 0. The highest BCUT2D eigenvalue weighted by atomic mass is 19.4. The van der Waals surface area contributed by atoms with Crippen molar-refractivity contribution in [2.75, 3.05) is 24.5 Å². The van der Waals surface area contributed by atoms with Gasteiger partial charge in [0.2, 0.25) is 11.8 Å². The molecule has 2 heterocycles. The molecule has 2 aliphatic heterocycles. The smallest absolute Gasteiger partial charge is 0.333 e. The van der Waals surface area contributed by atoms with Gasteiger partial charge in [-0.15, -0.1) is 0 Å². The molecule has 0 unspecified atom stereocenters. The van der Waals surface area contributed by atoms with Crippen LogP contribution in [0.5, 0.6) is 0 Å². The van der Waals surface area contributed by atoms with Crippen molar-refractivity contribution in [1.82, 2.24) is 4.90 Å². The van der Waals surface area contributed by atoms with Crippen molar-refractivity contribution in [3.63, 3.8) is 0 Å². The van der Waals surface area contributed by atoms with Crippen molar-refractivity contribution in [3.05, 3.63) is 29.3 Å². The first-order valence-corrected chi connectivity index (χ1v) is 8.00. The maximum atomic E-state index is 12.8. The van der Waals surface area contributed by atoms with Crippen LogP contribution in [0.15, 0.2) is 18.2 Å². The third kappa shape index (κ3) is 3.25. The molecule has 2 aliphatic rings. The summed E-state index contributed by atoms with van der Waals surface area (Å²) in [5.41, 5.74) is 2.90. The van der Waals surface area contributed by atoms with Gasteiger partial charge in [0.1, 0.15) is 6.54 Å². The zero-order valence-electron chi connectivity index (χ0n) is 13.4. The Labute approximate surface area is 138 Å². The van der Waals surface area contributed by atoms with E-state index in [1.54, 1.807) is 4.90 Å². The Morgan fingerprint density at radius 1 is 1.33 bits per heavy atom. The molecule has 1 atom stereocenters. The Morgan fingerprint density at radius 3 is 2.79 bits per heavy atom. The van der Waals surface area contributed by atoms with E-state index in [2.05, 4.69) is 0 Å². The average molecular weight is 340 g/mol. The van der Waals surface area contributed by atoms with E-state index in [-0.39, 0.29) is 18.9 Å². The minimum Gasteiger partial charge on any atom is -0.333 e. The van der Waals surface area contributed by atoms with Crippen LogP contribution in [0.3, 0.4) is 0 Å². The molecular weight excluding hydrogens is 321 g/mol. The molecule has 0 aromatic heterocycles. The largest absolute Gasteiger partial charge is 0.406 e. The molecule has 130 valence electrons. The summed E-state index contributed by atoms with van der Waals surface area (Å²) < 4.78 is 37.6. The fraction of sp³-hybridized carbons (Fsp3) is 0.529. The number of benzene rings is 1. The van der Waals surface area contributed by atoms with E-state index in [1.165, 1.54) is 0 Å². The van der Waals surface area contributed by atoms with Crippen molar-refractivity contribution >= 4 is 17.5 Å². The van der Waals surface area contributed by atoms with Crippen LogP contribution in [0.4, 0.5) is 18.9 Å². The number of rotatable bonds is 2. The normalized spacial score (nSPS) is 21.2. The lowest BCUT2D eigenvalue weighted by Gasteiger charge is -2.32. The molecule has 0 N–H and O–H groups in total. The molecule has 1 fully saturated rings. The highest BCUT2D eigenvalue weighted by molar-refractivity contribution is 6.00. The summed E-state index contributed by atoms with van der Waals surface area (Å²) in [6.07, 6.45) is -2.89.